The number of nitrogens with one attached hydrogen (secondary N) is 2. The van der Waals surface area contributed by atoms with Crippen LogP contribution in [0.15, 0.2) is 41.9 Å². The average Bonchev–Trinajstić information content (AvgIpc) is 3.21. The number of benzene rings is 1. The van der Waals surface area contributed by atoms with E-state index in [4.69, 9.17) is 0 Å². The number of nitrogens with zero attached hydrogens (tertiary/aromatic N) is 4. The minimum Gasteiger partial charge on any atom is -0.357 e. The Kier molecular flexibility index (Phi) is 7.03. The van der Waals surface area contributed by atoms with E-state index in [1.54, 1.807) is 35.4 Å². The van der Waals surface area contributed by atoms with Crippen LogP contribution >= 0.6 is 0 Å². The Morgan fingerprint density at radius 2 is 2.11 bits per heavy atom. The van der Waals surface area contributed by atoms with Crippen molar-refractivity contribution in [2.75, 3.05) is 19.6 Å². The van der Waals surface area contributed by atoms with Crippen molar-refractivity contribution >= 4 is 5.96 Å². The third-order valence-corrected chi connectivity index (χ3v) is 5.16. The Hall–Kier alpha value is -2.41. The van der Waals surface area contributed by atoms with E-state index in [1.165, 1.54) is 0 Å². The van der Waals surface area contributed by atoms with E-state index >= 15 is 0 Å². The molecule has 0 radical (unpaired) electrons. The highest BCUT2D eigenvalue weighted by Crippen LogP contribution is 2.16. The molecule has 1 fully saturated rings. The highest BCUT2D eigenvalue weighted by Gasteiger charge is 2.21. The summed E-state index contributed by atoms with van der Waals surface area (Å²) in [4.78, 5) is 11.1. The first-order valence-electron chi connectivity index (χ1n) is 10.1. The zero-order valence-corrected chi connectivity index (χ0v) is 17.0. The van der Waals surface area contributed by atoms with E-state index in [0.717, 1.165) is 44.0 Å². The van der Waals surface area contributed by atoms with Gasteiger partial charge in [0.25, 0.3) is 0 Å². The van der Waals surface area contributed by atoms with Crippen LogP contribution in [0.5, 0.6) is 0 Å². The van der Waals surface area contributed by atoms with Crippen molar-refractivity contribution in [3.8, 4) is 5.69 Å². The van der Waals surface area contributed by atoms with Crippen molar-refractivity contribution in [2.24, 2.45) is 4.99 Å². The summed E-state index contributed by atoms with van der Waals surface area (Å²) in [6.45, 7) is 9.99. The molecule has 2 aromatic rings. The van der Waals surface area contributed by atoms with Gasteiger partial charge in [-0.05, 0) is 51.3 Å². The topological polar surface area (TPSA) is 57.5 Å². The standard InChI is InChI=1S/C21H31FN6/c1-4-24-21(26-18-7-10-27(11-8-18)16(2)3)25-14-17-5-6-20(19(22)13-17)28-12-9-23-15-28/h5-6,9,12-13,15-16,18H,4,7-8,10-11,14H2,1-3H3,(H2,24,25,26). The molecule has 2 N–H and O–H groups in total. The first-order valence-corrected chi connectivity index (χ1v) is 10.1. The highest BCUT2D eigenvalue weighted by atomic mass is 19.1. The lowest BCUT2D eigenvalue weighted by atomic mass is 10.0. The summed E-state index contributed by atoms with van der Waals surface area (Å²) < 4.78 is 16.1. The number of rotatable bonds is 6. The van der Waals surface area contributed by atoms with Crippen molar-refractivity contribution < 1.29 is 4.39 Å². The Morgan fingerprint density at radius 1 is 1.32 bits per heavy atom. The Balaban J connectivity index is 1.61. The van der Waals surface area contributed by atoms with Crippen molar-refractivity contribution in [1.29, 1.82) is 0 Å². The van der Waals surface area contributed by atoms with Crippen molar-refractivity contribution in [3.63, 3.8) is 0 Å². The van der Waals surface area contributed by atoms with Gasteiger partial charge in [0.05, 0.1) is 18.6 Å². The molecule has 152 valence electrons. The van der Waals surface area contributed by atoms with E-state index in [-0.39, 0.29) is 5.82 Å². The quantitative estimate of drug-likeness (QED) is 0.592. The van der Waals surface area contributed by atoms with Crippen molar-refractivity contribution in [1.82, 2.24) is 25.1 Å². The summed E-state index contributed by atoms with van der Waals surface area (Å²) in [5.41, 5.74) is 1.33. The van der Waals surface area contributed by atoms with Gasteiger partial charge in [0.1, 0.15) is 5.82 Å². The number of halogens is 1. The second-order valence-electron chi connectivity index (χ2n) is 7.50. The Morgan fingerprint density at radius 3 is 2.71 bits per heavy atom. The summed E-state index contributed by atoms with van der Waals surface area (Å²) >= 11 is 0. The molecular formula is C21H31FN6. The summed E-state index contributed by atoms with van der Waals surface area (Å²) in [5.74, 6) is 0.523. The normalized spacial score (nSPS) is 16.5. The van der Waals surface area contributed by atoms with Crippen LogP contribution in [0.1, 0.15) is 39.2 Å². The number of aromatic nitrogens is 2. The van der Waals surface area contributed by atoms with Crippen LogP contribution in [-0.2, 0) is 6.54 Å². The maximum Gasteiger partial charge on any atom is 0.191 e. The fourth-order valence-electron chi connectivity index (χ4n) is 3.50. The van der Waals surface area contributed by atoms with Crippen molar-refractivity contribution in [3.05, 3.63) is 48.3 Å². The minimum atomic E-state index is -0.273. The maximum atomic E-state index is 14.4. The van der Waals surface area contributed by atoms with Crippen LogP contribution in [-0.4, -0.2) is 52.1 Å². The summed E-state index contributed by atoms with van der Waals surface area (Å²) in [6, 6.07) is 6.25. The van der Waals surface area contributed by atoms with Crippen LogP contribution in [0, 0.1) is 5.82 Å². The predicted molar refractivity (Wildman–Crippen MR) is 111 cm³/mol. The van der Waals surface area contributed by atoms with Gasteiger partial charge in [-0.3, -0.25) is 0 Å². The zero-order chi connectivity index (χ0) is 19.9. The molecule has 1 aromatic carbocycles. The number of imidazole rings is 1. The molecular weight excluding hydrogens is 355 g/mol. The number of aliphatic imine (C=N–C) groups is 1. The molecule has 1 aliphatic rings. The van der Waals surface area contributed by atoms with E-state index in [1.807, 2.05) is 6.07 Å². The number of likely N-dealkylation sites (tertiary alicyclic amines) is 1. The summed E-state index contributed by atoms with van der Waals surface area (Å²) in [7, 11) is 0. The number of hydrogen-bond acceptors (Lipinski definition) is 3. The van der Waals surface area contributed by atoms with E-state index in [9.17, 15) is 4.39 Å². The molecule has 0 saturated carbocycles. The second-order valence-corrected chi connectivity index (χ2v) is 7.50. The largest absolute Gasteiger partial charge is 0.357 e. The van der Waals surface area contributed by atoms with Gasteiger partial charge in [0, 0.05) is 44.1 Å². The second kappa shape index (κ2) is 9.68. The van der Waals surface area contributed by atoms with E-state index < -0.39 is 0 Å². The fourth-order valence-corrected chi connectivity index (χ4v) is 3.50. The smallest absolute Gasteiger partial charge is 0.191 e. The zero-order valence-electron chi connectivity index (χ0n) is 17.0. The first-order chi connectivity index (χ1) is 13.6. The van der Waals surface area contributed by atoms with Crippen LogP contribution in [0.3, 0.4) is 0 Å². The van der Waals surface area contributed by atoms with Gasteiger partial charge >= 0.3 is 0 Å². The van der Waals surface area contributed by atoms with Crippen LogP contribution < -0.4 is 10.6 Å². The van der Waals surface area contributed by atoms with Gasteiger partial charge in [-0.25, -0.2) is 14.4 Å². The van der Waals surface area contributed by atoms with Gasteiger partial charge in [-0.15, -0.1) is 0 Å². The number of hydrogen-bond donors (Lipinski definition) is 2. The average molecular weight is 387 g/mol. The third kappa shape index (κ3) is 5.32. The van der Waals surface area contributed by atoms with E-state index in [0.29, 0.717) is 24.3 Å². The van der Waals surface area contributed by atoms with Crippen molar-refractivity contribution in [2.45, 2.75) is 52.2 Å². The predicted octanol–water partition coefficient (Wildman–Crippen LogP) is 2.94. The molecule has 0 unspecified atom stereocenters. The molecule has 0 aliphatic carbocycles. The lowest BCUT2D eigenvalue weighted by Crippen LogP contribution is -2.49. The summed E-state index contributed by atoms with van der Waals surface area (Å²) in [5, 5.41) is 6.84. The third-order valence-electron chi connectivity index (χ3n) is 5.16. The fraction of sp³-hybridized carbons (Fsp3) is 0.524. The summed E-state index contributed by atoms with van der Waals surface area (Å²) in [6.07, 6.45) is 7.17. The minimum absolute atomic E-state index is 0.273. The molecule has 2 heterocycles. The Bertz CT molecular complexity index is 763. The lowest BCUT2D eigenvalue weighted by molar-refractivity contribution is 0.167. The molecule has 3 rings (SSSR count). The monoisotopic (exact) mass is 386 g/mol. The molecule has 1 aliphatic heterocycles. The molecule has 0 bridgehead atoms. The van der Waals surface area contributed by atoms with Crippen LogP contribution in [0.4, 0.5) is 4.39 Å². The van der Waals surface area contributed by atoms with Gasteiger partial charge in [-0.2, -0.15) is 0 Å². The number of piperidine rings is 1. The Labute approximate surface area is 166 Å². The van der Waals surface area contributed by atoms with Gasteiger partial charge in [0.15, 0.2) is 5.96 Å². The SMILES string of the molecule is CCNC(=NCc1ccc(-n2ccnc2)c(F)c1)NC1CCN(C(C)C)CC1. The molecule has 0 spiro atoms. The molecule has 0 amide bonds. The lowest BCUT2D eigenvalue weighted by Gasteiger charge is -2.35. The molecule has 0 atom stereocenters. The molecule has 7 heteroatoms. The van der Waals surface area contributed by atoms with Crippen LogP contribution in [0.25, 0.3) is 5.69 Å². The molecule has 1 aromatic heterocycles. The van der Waals surface area contributed by atoms with Gasteiger partial charge in [0.2, 0.25) is 0 Å². The maximum absolute atomic E-state index is 14.4. The van der Waals surface area contributed by atoms with Crippen LogP contribution in [0.2, 0.25) is 0 Å². The van der Waals surface area contributed by atoms with Gasteiger partial charge < -0.3 is 20.1 Å². The molecule has 1 saturated heterocycles. The first kappa shape index (κ1) is 20.3. The highest BCUT2D eigenvalue weighted by molar-refractivity contribution is 5.80. The van der Waals surface area contributed by atoms with Gasteiger partial charge in [-0.1, -0.05) is 6.07 Å². The number of guanidine groups is 1. The molecule has 6 nitrogen and oxygen atoms in total. The van der Waals surface area contributed by atoms with E-state index in [2.05, 4.69) is 46.3 Å². The molecule has 28 heavy (non-hydrogen) atoms.